The average molecular weight is 446 g/mol. The minimum absolute atomic E-state index is 0.260. The maximum Gasteiger partial charge on any atom is 0.220 e. The SMILES string of the molecule is COc1ccccc1-c1cc(N(Cc2ccccn2)Cc2ccccn2)nc(S(C)=O)n1. The molecule has 7 nitrogen and oxygen atoms in total. The Balaban J connectivity index is 1.81. The quantitative estimate of drug-likeness (QED) is 0.381. The molecule has 0 aliphatic rings. The highest BCUT2D eigenvalue weighted by Crippen LogP contribution is 2.31. The molecule has 1 unspecified atom stereocenters. The first-order valence-electron chi connectivity index (χ1n) is 10.0. The van der Waals surface area contributed by atoms with Crippen LogP contribution in [0.15, 0.2) is 84.3 Å². The molecule has 0 spiro atoms. The van der Waals surface area contributed by atoms with Crippen molar-refractivity contribution in [2.75, 3.05) is 18.3 Å². The molecule has 0 N–H and O–H groups in total. The number of para-hydroxylation sites is 1. The van der Waals surface area contributed by atoms with Crippen LogP contribution in [0.1, 0.15) is 11.4 Å². The smallest absolute Gasteiger partial charge is 0.220 e. The van der Waals surface area contributed by atoms with E-state index >= 15 is 0 Å². The second-order valence-electron chi connectivity index (χ2n) is 7.05. The number of hydrogen-bond acceptors (Lipinski definition) is 7. The van der Waals surface area contributed by atoms with E-state index in [2.05, 4.69) is 24.8 Å². The van der Waals surface area contributed by atoms with Crippen molar-refractivity contribution in [3.63, 3.8) is 0 Å². The topological polar surface area (TPSA) is 81.1 Å². The fourth-order valence-corrected chi connectivity index (χ4v) is 3.74. The molecule has 0 aliphatic heterocycles. The summed E-state index contributed by atoms with van der Waals surface area (Å²) < 4.78 is 17.9. The van der Waals surface area contributed by atoms with Gasteiger partial charge in [-0.3, -0.25) is 14.2 Å². The first-order valence-corrected chi connectivity index (χ1v) is 11.6. The first-order chi connectivity index (χ1) is 15.6. The van der Waals surface area contributed by atoms with Crippen LogP contribution in [-0.2, 0) is 23.9 Å². The van der Waals surface area contributed by atoms with Gasteiger partial charge in [0, 0.05) is 30.3 Å². The van der Waals surface area contributed by atoms with Crippen LogP contribution in [-0.4, -0.2) is 37.5 Å². The molecule has 4 aromatic rings. The number of nitrogens with zero attached hydrogens (tertiary/aromatic N) is 5. The van der Waals surface area contributed by atoms with Crippen LogP contribution in [0.5, 0.6) is 5.75 Å². The van der Waals surface area contributed by atoms with Crippen molar-refractivity contribution >= 4 is 16.6 Å². The van der Waals surface area contributed by atoms with Gasteiger partial charge in [-0.2, -0.15) is 0 Å². The molecule has 32 heavy (non-hydrogen) atoms. The normalized spacial score (nSPS) is 11.7. The van der Waals surface area contributed by atoms with Crippen LogP contribution in [0.4, 0.5) is 5.82 Å². The third-order valence-corrected chi connectivity index (χ3v) is 5.51. The Morgan fingerprint density at radius 1 is 0.875 bits per heavy atom. The Morgan fingerprint density at radius 3 is 2.06 bits per heavy atom. The Labute approximate surface area is 189 Å². The molecule has 1 aromatic carbocycles. The average Bonchev–Trinajstić information content (AvgIpc) is 2.84. The van der Waals surface area contributed by atoms with Crippen molar-refractivity contribution in [2.24, 2.45) is 0 Å². The van der Waals surface area contributed by atoms with Crippen LogP contribution in [0.25, 0.3) is 11.3 Å². The Morgan fingerprint density at radius 2 is 1.50 bits per heavy atom. The maximum absolute atomic E-state index is 12.4. The van der Waals surface area contributed by atoms with E-state index in [1.54, 1.807) is 25.8 Å². The number of pyridine rings is 2. The van der Waals surface area contributed by atoms with Crippen molar-refractivity contribution in [1.82, 2.24) is 19.9 Å². The molecule has 0 aliphatic carbocycles. The van der Waals surface area contributed by atoms with Gasteiger partial charge in [-0.05, 0) is 36.4 Å². The monoisotopic (exact) mass is 445 g/mol. The van der Waals surface area contributed by atoms with Crippen LogP contribution in [0.2, 0.25) is 0 Å². The molecule has 162 valence electrons. The van der Waals surface area contributed by atoms with Crippen LogP contribution >= 0.6 is 0 Å². The van der Waals surface area contributed by atoms with Crippen molar-refractivity contribution in [3.05, 3.63) is 90.5 Å². The van der Waals surface area contributed by atoms with E-state index in [1.165, 1.54) is 0 Å². The standard InChI is InChI=1S/C24H23N5O2S/c1-31-22-12-4-3-11-20(22)21-15-23(28-24(27-21)32(2)30)29(16-18-9-5-7-13-25-18)17-19-10-6-8-14-26-19/h3-15H,16-17H2,1-2H3. The number of benzene rings is 1. The van der Waals surface area contributed by atoms with Gasteiger partial charge in [-0.15, -0.1) is 0 Å². The van der Waals surface area contributed by atoms with Gasteiger partial charge in [-0.25, -0.2) is 9.97 Å². The molecule has 0 saturated carbocycles. The van der Waals surface area contributed by atoms with Gasteiger partial charge in [0.2, 0.25) is 5.16 Å². The molecule has 1 atom stereocenters. The lowest BCUT2D eigenvalue weighted by atomic mass is 10.1. The van der Waals surface area contributed by atoms with Crippen LogP contribution < -0.4 is 9.64 Å². The Hall–Kier alpha value is -3.65. The summed E-state index contributed by atoms with van der Waals surface area (Å²) in [5.74, 6) is 1.33. The minimum atomic E-state index is -1.36. The maximum atomic E-state index is 12.4. The van der Waals surface area contributed by atoms with Gasteiger partial charge in [0.25, 0.3) is 0 Å². The summed E-state index contributed by atoms with van der Waals surface area (Å²) in [6.07, 6.45) is 5.11. The van der Waals surface area contributed by atoms with Crippen molar-refractivity contribution in [1.29, 1.82) is 0 Å². The molecular formula is C24H23N5O2S. The van der Waals surface area contributed by atoms with Gasteiger partial charge in [0.1, 0.15) is 11.6 Å². The Bertz CT molecular complexity index is 1160. The summed E-state index contributed by atoms with van der Waals surface area (Å²) in [6.45, 7) is 1.02. The van der Waals surface area contributed by atoms with Gasteiger partial charge in [-0.1, -0.05) is 24.3 Å². The fraction of sp³-hybridized carbons (Fsp3) is 0.167. The molecule has 0 radical (unpaired) electrons. The lowest BCUT2D eigenvalue weighted by Crippen LogP contribution is -2.25. The van der Waals surface area contributed by atoms with E-state index in [-0.39, 0.29) is 5.16 Å². The van der Waals surface area contributed by atoms with E-state index in [0.717, 1.165) is 17.0 Å². The lowest BCUT2D eigenvalue weighted by Gasteiger charge is -2.24. The van der Waals surface area contributed by atoms with Crippen molar-refractivity contribution < 1.29 is 8.95 Å². The van der Waals surface area contributed by atoms with E-state index in [9.17, 15) is 4.21 Å². The highest BCUT2D eigenvalue weighted by atomic mass is 32.2. The molecule has 0 saturated heterocycles. The summed E-state index contributed by atoms with van der Waals surface area (Å²) in [6, 6.07) is 21.1. The number of methoxy groups -OCH3 is 1. The third kappa shape index (κ3) is 5.15. The zero-order valence-corrected chi connectivity index (χ0v) is 18.7. The number of aromatic nitrogens is 4. The molecule has 3 heterocycles. The second kappa shape index (κ2) is 10.1. The number of rotatable bonds is 8. The van der Waals surface area contributed by atoms with Crippen molar-refractivity contribution in [2.45, 2.75) is 18.2 Å². The molecule has 0 bridgehead atoms. The Kier molecular flexibility index (Phi) is 6.81. The summed E-state index contributed by atoms with van der Waals surface area (Å²) in [7, 11) is 0.257. The predicted octanol–water partition coefficient (Wildman–Crippen LogP) is 3.89. The molecule has 0 amide bonds. The summed E-state index contributed by atoms with van der Waals surface area (Å²) in [4.78, 5) is 20.2. The predicted molar refractivity (Wildman–Crippen MR) is 125 cm³/mol. The molecule has 4 rings (SSSR count). The van der Waals surface area contributed by atoms with Crippen molar-refractivity contribution in [3.8, 4) is 17.0 Å². The minimum Gasteiger partial charge on any atom is -0.496 e. The summed E-state index contributed by atoms with van der Waals surface area (Å²) in [5, 5.41) is 0.260. The molecule has 0 fully saturated rings. The second-order valence-corrected chi connectivity index (χ2v) is 8.32. The zero-order chi connectivity index (χ0) is 22.3. The first kappa shape index (κ1) is 21.6. The largest absolute Gasteiger partial charge is 0.496 e. The van der Waals surface area contributed by atoms with E-state index in [1.807, 2.05) is 66.7 Å². The van der Waals surface area contributed by atoms with E-state index in [0.29, 0.717) is 30.4 Å². The fourth-order valence-electron chi connectivity index (χ4n) is 3.29. The third-order valence-electron chi connectivity index (χ3n) is 4.81. The van der Waals surface area contributed by atoms with Crippen LogP contribution in [0.3, 0.4) is 0 Å². The van der Waals surface area contributed by atoms with Gasteiger partial charge < -0.3 is 9.64 Å². The van der Waals surface area contributed by atoms with Gasteiger partial charge >= 0.3 is 0 Å². The highest BCUT2D eigenvalue weighted by Gasteiger charge is 2.18. The lowest BCUT2D eigenvalue weighted by molar-refractivity contribution is 0.416. The summed E-state index contributed by atoms with van der Waals surface area (Å²) >= 11 is 0. The van der Waals surface area contributed by atoms with Gasteiger partial charge in [0.05, 0.1) is 48.1 Å². The summed E-state index contributed by atoms with van der Waals surface area (Å²) in [5.41, 5.74) is 3.23. The zero-order valence-electron chi connectivity index (χ0n) is 17.9. The van der Waals surface area contributed by atoms with E-state index < -0.39 is 10.8 Å². The number of hydrogen-bond donors (Lipinski definition) is 0. The van der Waals surface area contributed by atoms with Gasteiger partial charge in [0.15, 0.2) is 0 Å². The van der Waals surface area contributed by atoms with Crippen LogP contribution in [0, 0.1) is 0 Å². The highest BCUT2D eigenvalue weighted by molar-refractivity contribution is 7.84. The molecule has 8 heteroatoms. The number of ether oxygens (including phenoxy) is 1. The van der Waals surface area contributed by atoms with E-state index in [4.69, 9.17) is 4.74 Å². The number of anilines is 1. The molecular weight excluding hydrogens is 422 g/mol. The molecule has 3 aromatic heterocycles.